The normalized spacial score (nSPS) is 16.5. The van der Waals surface area contributed by atoms with Crippen LogP contribution in [0.3, 0.4) is 0 Å². The second-order valence-electron chi connectivity index (χ2n) is 7.06. The first-order valence-corrected chi connectivity index (χ1v) is 10.2. The maximum Gasteiger partial charge on any atom is 0.253 e. The summed E-state index contributed by atoms with van der Waals surface area (Å²) >= 11 is 1.56. The number of ketones is 1. The van der Waals surface area contributed by atoms with Gasteiger partial charge in [0.1, 0.15) is 5.76 Å². The fourth-order valence-corrected chi connectivity index (χ4v) is 4.26. The van der Waals surface area contributed by atoms with Crippen LogP contribution in [0.25, 0.3) is 5.78 Å². The topological polar surface area (TPSA) is 73.3 Å². The van der Waals surface area contributed by atoms with E-state index in [-0.39, 0.29) is 11.7 Å². The number of benzene rings is 1. The number of aryl methyl sites for hydroxylation is 1. The van der Waals surface area contributed by atoms with Gasteiger partial charge in [-0.15, -0.1) is 5.10 Å². The van der Waals surface area contributed by atoms with Crippen LogP contribution in [0.15, 0.2) is 58.4 Å². The molecule has 6 nitrogen and oxygen atoms in total. The number of hydrogen-bond donors (Lipinski definition) is 0. The van der Waals surface area contributed by atoms with Crippen molar-refractivity contribution in [2.24, 2.45) is 0 Å². The lowest BCUT2D eigenvalue weighted by molar-refractivity contribution is 0.0958. The standard InChI is InChI=1S/C21H18N4O2S/c1-13-4-6-14(7-5-13)12-28-21-23-20-22-17-9-15(19-3-2-8-27-19)10-18(26)16(17)11-25(20)24-21/h2-8,11,15H,9-10,12H2,1H3. The summed E-state index contributed by atoms with van der Waals surface area (Å²) in [4.78, 5) is 21.8. The fourth-order valence-electron chi connectivity index (χ4n) is 3.48. The Bertz CT molecular complexity index is 1150. The summed E-state index contributed by atoms with van der Waals surface area (Å²) in [6.45, 7) is 2.08. The van der Waals surface area contributed by atoms with E-state index >= 15 is 0 Å². The molecule has 0 fully saturated rings. The fraction of sp³-hybridized carbons (Fsp3) is 0.238. The Morgan fingerprint density at radius 1 is 1.18 bits per heavy atom. The zero-order valence-corrected chi connectivity index (χ0v) is 16.1. The highest BCUT2D eigenvalue weighted by atomic mass is 32.2. The van der Waals surface area contributed by atoms with E-state index in [4.69, 9.17) is 4.42 Å². The number of carbonyl (C=O) groups is 1. The first kappa shape index (κ1) is 17.2. The van der Waals surface area contributed by atoms with Crippen LogP contribution in [0.5, 0.6) is 0 Å². The summed E-state index contributed by atoms with van der Waals surface area (Å²) in [6.07, 6.45) is 4.50. The number of thioether (sulfide) groups is 1. The van der Waals surface area contributed by atoms with Crippen molar-refractivity contribution in [3.05, 3.63) is 77.0 Å². The average Bonchev–Trinajstić information content (AvgIpc) is 3.35. The minimum absolute atomic E-state index is 0.0308. The maximum absolute atomic E-state index is 12.6. The summed E-state index contributed by atoms with van der Waals surface area (Å²) in [5.41, 5.74) is 3.87. The first-order valence-electron chi connectivity index (χ1n) is 9.17. The third kappa shape index (κ3) is 3.22. The van der Waals surface area contributed by atoms with Gasteiger partial charge in [-0.2, -0.15) is 4.98 Å². The van der Waals surface area contributed by atoms with Gasteiger partial charge in [-0.05, 0) is 24.6 Å². The Morgan fingerprint density at radius 3 is 2.82 bits per heavy atom. The Morgan fingerprint density at radius 2 is 2.04 bits per heavy atom. The molecule has 0 bridgehead atoms. The van der Waals surface area contributed by atoms with Crippen LogP contribution in [-0.2, 0) is 12.2 Å². The molecule has 1 aliphatic carbocycles. The van der Waals surface area contributed by atoms with Crippen molar-refractivity contribution >= 4 is 23.3 Å². The lowest BCUT2D eigenvalue weighted by Crippen LogP contribution is -2.21. The summed E-state index contributed by atoms with van der Waals surface area (Å²) in [7, 11) is 0. The van der Waals surface area contributed by atoms with E-state index < -0.39 is 0 Å². The van der Waals surface area contributed by atoms with Crippen molar-refractivity contribution in [1.82, 2.24) is 19.6 Å². The van der Waals surface area contributed by atoms with Crippen LogP contribution in [0.2, 0.25) is 0 Å². The van der Waals surface area contributed by atoms with E-state index in [1.54, 1.807) is 28.7 Å². The molecule has 3 aromatic heterocycles. The molecule has 0 spiro atoms. The van der Waals surface area contributed by atoms with Gasteiger partial charge in [-0.1, -0.05) is 41.6 Å². The molecule has 1 atom stereocenters. The van der Waals surface area contributed by atoms with E-state index in [0.29, 0.717) is 29.3 Å². The van der Waals surface area contributed by atoms with Crippen LogP contribution in [0.4, 0.5) is 0 Å². The van der Waals surface area contributed by atoms with Gasteiger partial charge in [0.15, 0.2) is 5.78 Å². The van der Waals surface area contributed by atoms with Gasteiger partial charge in [0.25, 0.3) is 5.78 Å². The quantitative estimate of drug-likeness (QED) is 0.486. The number of hydrogen-bond acceptors (Lipinski definition) is 6. The van der Waals surface area contributed by atoms with Gasteiger partial charge in [-0.3, -0.25) is 4.79 Å². The van der Waals surface area contributed by atoms with E-state index in [2.05, 4.69) is 46.3 Å². The zero-order chi connectivity index (χ0) is 19.1. The third-order valence-electron chi connectivity index (χ3n) is 5.00. The van der Waals surface area contributed by atoms with Crippen LogP contribution < -0.4 is 0 Å². The van der Waals surface area contributed by atoms with Crippen molar-refractivity contribution < 1.29 is 9.21 Å². The van der Waals surface area contributed by atoms with Gasteiger partial charge in [-0.25, -0.2) is 9.50 Å². The van der Waals surface area contributed by atoms with Crippen molar-refractivity contribution in [3.63, 3.8) is 0 Å². The molecule has 0 amide bonds. The van der Waals surface area contributed by atoms with E-state index in [1.807, 2.05) is 12.1 Å². The largest absolute Gasteiger partial charge is 0.469 e. The van der Waals surface area contributed by atoms with Gasteiger partial charge in [0.2, 0.25) is 5.16 Å². The minimum atomic E-state index is 0.0308. The second-order valence-corrected chi connectivity index (χ2v) is 8.00. The van der Waals surface area contributed by atoms with E-state index in [0.717, 1.165) is 17.2 Å². The Kier molecular flexibility index (Phi) is 4.24. The Hall–Kier alpha value is -2.93. The number of nitrogens with zero attached hydrogens (tertiary/aromatic N) is 4. The Labute approximate surface area is 166 Å². The van der Waals surface area contributed by atoms with Crippen molar-refractivity contribution in [2.45, 2.75) is 36.6 Å². The molecule has 140 valence electrons. The SMILES string of the molecule is Cc1ccc(CSc2nc3nc4c(cn3n2)C(=O)CC(c2ccco2)C4)cc1. The predicted octanol–water partition coefficient (Wildman–Crippen LogP) is 4.23. The molecule has 0 saturated heterocycles. The smallest absolute Gasteiger partial charge is 0.253 e. The molecule has 0 radical (unpaired) electrons. The molecule has 0 saturated carbocycles. The van der Waals surface area contributed by atoms with Gasteiger partial charge < -0.3 is 4.42 Å². The van der Waals surface area contributed by atoms with Crippen molar-refractivity contribution in [1.29, 1.82) is 0 Å². The Balaban J connectivity index is 1.40. The first-order chi connectivity index (χ1) is 13.7. The van der Waals surface area contributed by atoms with Crippen LogP contribution in [-0.4, -0.2) is 25.4 Å². The lowest BCUT2D eigenvalue weighted by Gasteiger charge is -2.20. The summed E-state index contributed by atoms with van der Waals surface area (Å²) < 4.78 is 7.11. The summed E-state index contributed by atoms with van der Waals surface area (Å²) in [6, 6.07) is 12.2. The third-order valence-corrected chi connectivity index (χ3v) is 5.91. The average molecular weight is 390 g/mol. The number of rotatable bonds is 4. The predicted molar refractivity (Wildman–Crippen MR) is 106 cm³/mol. The molecule has 4 aromatic rings. The number of aromatic nitrogens is 4. The van der Waals surface area contributed by atoms with Gasteiger partial charge in [0.05, 0.1) is 17.5 Å². The highest BCUT2D eigenvalue weighted by molar-refractivity contribution is 7.98. The highest BCUT2D eigenvalue weighted by Gasteiger charge is 2.30. The lowest BCUT2D eigenvalue weighted by atomic mass is 9.85. The maximum atomic E-state index is 12.6. The zero-order valence-electron chi connectivity index (χ0n) is 15.3. The molecule has 3 heterocycles. The summed E-state index contributed by atoms with van der Waals surface area (Å²) in [5.74, 6) is 2.25. The van der Waals surface area contributed by atoms with E-state index in [1.165, 1.54) is 11.1 Å². The van der Waals surface area contributed by atoms with Gasteiger partial charge >= 0.3 is 0 Å². The molecular formula is C21H18N4O2S. The molecule has 0 N–H and O–H groups in total. The molecule has 5 rings (SSSR count). The highest BCUT2D eigenvalue weighted by Crippen LogP contribution is 2.32. The van der Waals surface area contributed by atoms with Crippen molar-refractivity contribution in [2.75, 3.05) is 0 Å². The summed E-state index contributed by atoms with van der Waals surface area (Å²) in [5, 5.41) is 5.15. The van der Waals surface area contributed by atoms with Crippen LogP contribution >= 0.6 is 11.8 Å². The number of carbonyl (C=O) groups excluding carboxylic acids is 1. The molecule has 1 aromatic carbocycles. The van der Waals surface area contributed by atoms with E-state index in [9.17, 15) is 4.79 Å². The van der Waals surface area contributed by atoms with Crippen LogP contribution in [0.1, 0.15) is 45.3 Å². The molecule has 1 aliphatic rings. The molecular weight excluding hydrogens is 372 g/mol. The number of Topliss-reactive ketones (excluding diaryl/α,β-unsaturated/α-hetero) is 1. The molecule has 0 aliphatic heterocycles. The number of fused-ring (bicyclic) bond motifs is 2. The van der Waals surface area contributed by atoms with Crippen molar-refractivity contribution in [3.8, 4) is 0 Å². The van der Waals surface area contributed by atoms with Crippen LogP contribution in [0, 0.1) is 6.92 Å². The molecule has 1 unspecified atom stereocenters. The molecule has 28 heavy (non-hydrogen) atoms. The second kappa shape index (κ2) is 6.91. The molecule has 7 heteroatoms. The monoisotopic (exact) mass is 390 g/mol. The number of furan rings is 1. The van der Waals surface area contributed by atoms with Gasteiger partial charge in [0, 0.05) is 30.7 Å². The minimum Gasteiger partial charge on any atom is -0.469 e.